The van der Waals surface area contributed by atoms with E-state index in [4.69, 9.17) is 23.7 Å². The first-order chi connectivity index (χ1) is 38.8. The molecule has 8 amide bonds. The predicted octanol–water partition coefficient (Wildman–Crippen LogP) is 6.13. The summed E-state index contributed by atoms with van der Waals surface area (Å²) in [4.78, 5) is 115. The van der Waals surface area contributed by atoms with Gasteiger partial charge in [-0.25, -0.2) is 9.69 Å². The van der Waals surface area contributed by atoms with Gasteiger partial charge in [-0.3, -0.25) is 43.5 Å². The van der Waals surface area contributed by atoms with Crippen molar-refractivity contribution in [2.24, 2.45) is 10.9 Å². The molecule has 2 fully saturated rings. The number of nitrogens with one attached hydrogen (secondary N) is 3. The van der Waals surface area contributed by atoms with E-state index in [9.17, 15) is 43.5 Å². The van der Waals surface area contributed by atoms with Crippen molar-refractivity contribution in [1.29, 1.82) is 0 Å². The molecule has 8 rings (SSSR count). The number of imide groups is 1. The number of hydrogen-bond donors (Lipinski definition) is 4. The lowest BCUT2D eigenvalue weighted by molar-refractivity contribution is -0.137. The molecule has 81 heavy (non-hydrogen) atoms. The minimum atomic E-state index is -1.53. The molecule has 5 aliphatic rings. The lowest BCUT2D eigenvalue weighted by Gasteiger charge is -2.31. The lowest BCUT2D eigenvalue weighted by Crippen LogP contribution is -2.53. The smallest absolute Gasteiger partial charge is 0.416 e. The second-order valence-electron chi connectivity index (χ2n) is 21.0. The van der Waals surface area contributed by atoms with Crippen LogP contribution in [0.3, 0.4) is 0 Å². The van der Waals surface area contributed by atoms with E-state index in [2.05, 4.69) is 34.1 Å². The molecule has 5 heterocycles. The van der Waals surface area contributed by atoms with Gasteiger partial charge in [-0.05, 0) is 87.6 Å². The summed E-state index contributed by atoms with van der Waals surface area (Å²) >= 11 is 0. The second kappa shape index (κ2) is 26.2. The molecule has 0 spiro atoms. The zero-order valence-corrected chi connectivity index (χ0v) is 46.3. The number of ether oxygens (including phenoxy) is 5. The molecule has 0 radical (unpaired) electrons. The van der Waals surface area contributed by atoms with Gasteiger partial charge in [0.05, 0.1) is 62.0 Å². The zero-order chi connectivity index (χ0) is 58.1. The van der Waals surface area contributed by atoms with Crippen LogP contribution in [-0.4, -0.2) is 151 Å². The van der Waals surface area contributed by atoms with Crippen LogP contribution in [0.5, 0.6) is 23.0 Å². The molecule has 4 N–H and O–H groups in total. The third-order valence-corrected chi connectivity index (χ3v) is 14.7. The number of aliphatic hydroxyl groups is 1. The Morgan fingerprint density at radius 3 is 2.01 bits per heavy atom. The van der Waals surface area contributed by atoms with Crippen molar-refractivity contribution in [3.63, 3.8) is 0 Å². The maximum atomic E-state index is 14.2. The second-order valence-corrected chi connectivity index (χ2v) is 21.0. The number of carbonyl (C=O) groups is 8. The number of aliphatic imine (C=N–C) groups is 1. The van der Waals surface area contributed by atoms with E-state index >= 15 is 0 Å². The van der Waals surface area contributed by atoms with Gasteiger partial charge in [0.15, 0.2) is 29.2 Å². The topological polar surface area (TPSA) is 264 Å². The van der Waals surface area contributed by atoms with E-state index in [1.54, 1.807) is 61.4 Å². The number of nitrogens with zero attached hydrogens (tertiary/aromatic N) is 5. The van der Waals surface area contributed by atoms with Gasteiger partial charge < -0.3 is 54.5 Å². The number of carbonyl (C=O) groups excluding carboxylic acids is 8. The summed E-state index contributed by atoms with van der Waals surface area (Å²) in [5.41, 5.74) is 3.70. The summed E-state index contributed by atoms with van der Waals surface area (Å²) in [5, 5.41) is 20.1. The summed E-state index contributed by atoms with van der Waals surface area (Å²) in [7, 11) is 2.96. The van der Waals surface area contributed by atoms with Crippen LogP contribution in [0.2, 0.25) is 0 Å². The Balaban J connectivity index is 0.829. The normalized spacial score (nSPS) is 18.9. The van der Waals surface area contributed by atoms with Crippen molar-refractivity contribution < 1.29 is 67.1 Å². The highest BCUT2D eigenvalue weighted by molar-refractivity contribution is 6.13. The van der Waals surface area contributed by atoms with Gasteiger partial charge in [-0.1, -0.05) is 56.7 Å². The molecule has 0 aliphatic carbocycles. The molecular formula is C59H70N8O14. The van der Waals surface area contributed by atoms with Crippen molar-refractivity contribution in [2.45, 2.75) is 116 Å². The Hall–Kier alpha value is -8.53. The molecule has 5 aliphatic heterocycles. The van der Waals surface area contributed by atoms with Gasteiger partial charge in [-0.15, -0.1) is 0 Å². The third kappa shape index (κ3) is 13.7. The Morgan fingerprint density at radius 1 is 0.728 bits per heavy atom. The van der Waals surface area contributed by atoms with Gasteiger partial charge in [0.1, 0.15) is 18.7 Å². The first-order valence-electron chi connectivity index (χ1n) is 27.2. The van der Waals surface area contributed by atoms with E-state index in [1.165, 1.54) is 50.3 Å². The lowest BCUT2D eigenvalue weighted by atomic mass is 10.0. The van der Waals surface area contributed by atoms with E-state index in [0.717, 1.165) is 15.4 Å². The minimum absolute atomic E-state index is 0.0625. The van der Waals surface area contributed by atoms with Crippen molar-refractivity contribution >= 4 is 70.7 Å². The summed E-state index contributed by atoms with van der Waals surface area (Å²) in [6, 6.07) is 9.95. The first kappa shape index (κ1) is 58.6. The number of methoxy groups -OCH3 is 2. The van der Waals surface area contributed by atoms with Crippen molar-refractivity contribution in [2.75, 3.05) is 57.3 Å². The quantitative estimate of drug-likeness (QED) is 0.0447. The van der Waals surface area contributed by atoms with Gasteiger partial charge >= 0.3 is 6.09 Å². The Bertz CT molecular complexity index is 3010. The Morgan fingerprint density at radius 2 is 1.35 bits per heavy atom. The third-order valence-electron chi connectivity index (χ3n) is 14.7. The zero-order valence-electron chi connectivity index (χ0n) is 46.3. The maximum absolute atomic E-state index is 14.2. The molecule has 0 unspecified atom stereocenters. The summed E-state index contributed by atoms with van der Waals surface area (Å²) in [6.45, 7) is 14.4. The molecule has 5 atom stereocenters. The number of benzene rings is 3. The minimum Gasteiger partial charge on any atom is -0.493 e. The molecule has 22 heteroatoms. The average molecular weight is 1120 g/mol. The molecule has 0 bridgehead atoms. The van der Waals surface area contributed by atoms with Gasteiger partial charge in [0, 0.05) is 62.2 Å². The molecule has 3 aromatic rings. The summed E-state index contributed by atoms with van der Waals surface area (Å²) in [5.74, 6) is -1.61. The predicted molar refractivity (Wildman–Crippen MR) is 299 cm³/mol. The fourth-order valence-electron chi connectivity index (χ4n) is 10.2. The fourth-order valence-corrected chi connectivity index (χ4v) is 10.2. The van der Waals surface area contributed by atoms with Crippen LogP contribution in [0.25, 0.3) is 0 Å². The molecule has 22 nitrogen and oxygen atoms in total. The number of fused-ring (bicyclic) bond motifs is 4. The highest BCUT2D eigenvalue weighted by Gasteiger charge is 2.46. The van der Waals surface area contributed by atoms with Crippen molar-refractivity contribution in [1.82, 2.24) is 25.3 Å². The van der Waals surface area contributed by atoms with Crippen molar-refractivity contribution in [3.8, 4) is 23.0 Å². The molecule has 2 saturated heterocycles. The van der Waals surface area contributed by atoms with Crippen LogP contribution in [0.1, 0.15) is 105 Å². The molecule has 0 saturated carbocycles. The van der Waals surface area contributed by atoms with Crippen LogP contribution in [-0.2, 0) is 35.3 Å². The van der Waals surface area contributed by atoms with Crippen LogP contribution >= 0.6 is 0 Å². The van der Waals surface area contributed by atoms with Gasteiger partial charge in [-0.2, -0.15) is 0 Å². The Labute approximate surface area is 470 Å². The fraction of sp³-hybridized carbons (Fsp3) is 0.441. The summed E-state index contributed by atoms with van der Waals surface area (Å²) < 4.78 is 29.4. The number of amides is 8. The van der Waals surface area contributed by atoms with Crippen LogP contribution in [0.4, 0.5) is 21.9 Å². The Kier molecular flexibility index (Phi) is 18.9. The monoisotopic (exact) mass is 1110 g/mol. The number of unbranched alkanes of at least 4 members (excludes halogenated alkanes) is 4. The average Bonchev–Trinajstić information content (AvgIpc) is 4.34. The number of hydrogen-bond acceptors (Lipinski definition) is 15. The van der Waals surface area contributed by atoms with Gasteiger partial charge in [0.2, 0.25) is 17.7 Å². The van der Waals surface area contributed by atoms with E-state index in [0.29, 0.717) is 97.7 Å². The van der Waals surface area contributed by atoms with Crippen molar-refractivity contribution in [3.05, 3.63) is 102 Å². The SMILES string of the molecule is C=C1C[C@H]2C=Nc3cc(OCCCCCOc4cc5c(cc4OC)C(=O)N4CC(=C)C[C@H]4[C@H](O)N5C(=O)OCc4ccc(NC(=O)[C@H](C)NC(=O)[C@@H](NC(=O)CCCCCN5C(=O)C=CC5=O)C(C)C)cc4)c(OC)cc3C(=O)N2C1. The van der Waals surface area contributed by atoms with E-state index < -0.39 is 48.2 Å². The molecule has 3 aromatic carbocycles. The van der Waals surface area contributed by atoms with Crippen LogP contribution < -0.4 is 39.8 Å². The first-order valence-corrected chi connectivity index (χ1v) is 27.2. The molecule has 0 aromatic heterocycles. The van der Waals surface area contributed by atoms with Gasteiger partial charge in [0.25, 0.3) is 23.6 Å². The van der Waals surface area contributed by atoms with Crippen LogP contribution in [0.15, 0.2) is 90.0 Å². The highest BCUT2D eigenvalue weighted by Crippen LogP contribution is 2.43. The number of aliphatic hydroxyl groups excluding tert-OH is 1. The molecular weight excluding hydrogens is 1040 g/mol. The maximum Gasteiger partial charge on any atom is 0.416 e. The standard InChI is InChI=1S/C59H70N8O14/c1-34(2)53(63-50(68)14-10-8-11-21-64-51(69)19-20-52(64)70)55(72)61-37(5)54(71)62-39-17-15-38(16-18-39)33-81-59(76)67-44-29-49(47(78-7)27-42(44)57(74)66-32-36(4)25-45(66)58(67)75)80-23-13-9-12-22-79-48-28-43-41(26-46(48)77-6)56(73)65-31-35(3)24-40(65)30-60-43/h15-20,26-30,34,37,40,45,53,58,75H,3-4,8-14,21-25,31-33H2,1-2,5-7H3,(H,61,72)(H,62,71)(H,63,68)/t37-,40-,45-,53-,58-/m0/s1. The molecule has 430 valence electrons. The van der Waals surface area contributed by atoms with E-state index in [-0.39, 0.29) is 97.5 Å². The number of anilines is 2. The summed E-state index contributed by atoms with van der Waals surface area (Å²) in [6.07, 6.45) is 6.37. The highest BCUT2D eigenvalue weighted by atomic mass is 16.6. The largest absolute Gasteiger partial charge is 0.493 e. The number of rotatable bonds is 24. The van der Waals surface area contributed by atoms with Crippen LogP contribution in [0, 0.1) is 5.92 Å². The van der Waals surface area contributed by atoms with E-state index in [1.807, 2.05) is 0 Å².